The maximum absolute atomic E-state index is 12.5. The number of carbonyl (C=O) groups is 2. The molecule has 0 aromatic rings. The van der Waals surface area contributed by atoms with E-state index in [1.54, 1.807) is 6.08 Å². The summed E-state index contributed by atoms with van der Waals surface area (Å²) in [6, 6.07) is -0.647. The van der Waals surface area contributed by atoms with E-state index in [0.717, 1.165) is 89.9 Å². The first-order chi connectivity index (χ1) is 32.0. The van der Waals surface area contributed by atoms with Crippen molar-refractivity contribution in [3.8, 4) is 0 Å². The van der Waals surface area contributed by atoms with Gasteiger partial charge in [-0.1, -0.05) is 235 Å². The van der Waals surface area contributed by atoms with E-state index in [9.17, 15) is 19.8 Å². The van der Waals surface area contributed by atoms with E-state index in [1.807, 2.05) is 6.08 Å². The molecule has 1 amide bonds. The number of aliphatic hydroxyl groups is 2. The van der Waals surface area contributed by atoms with E-state index in [0.29, 0.717) is 19.4 Å². The summed E-state index contributed by atoms with van der Waals surface area (Å²) in [5.74, 6) is -0.130. The second-order valence-electron chi connectivity index (χ2n) is 18.9. The van der Waals surface area contributed by atoms with Gasteiger partial charge in [0.05, 0.1) is 25.4 Å². The lowest BCUT2D eigenvalue weighted by molar-refractivity contribution is -0.143. The van der Waals surface area contributed by atoms with E-state index in [2.05, 4.69) is 67.8 Å². The van der Waals surface area contributed by atoms with Gasteiger partial charge in [0.1, 0.15) is 0 Å². The van der Waals surface area contributed by atoms with E-state index in [1.165, 1.54) is 161 Å². The van der Waals surface area contributed by atoms with Crippen molar-refractivity contribution in [2.45, 2.75) is 289 Å². The predicted molar refractivity (Wildman–Crippen MR) is 282 cm³/mol. The molecule has 6 heteroatoms. The molecule has 0 radical (unpaired) electrons. The zero-order valence-electron chi connectivity index (χ0n) is 43.0. The van der Waals surface area contributed by atoms with E-state index in [-0.39, 0.29) is 18.5 Å². The second-order valence-corrected chi connectivity index (χ2v) is 18.9. The van der Waals surface area contributed by atoms with Gasteiger partial charge >= 0.3 is 5.97 Å². The van der Waals surface area contributed by atoms with Crippen molar-refractivity contribution in [2.75, 3.05) is 13.2 Å². The monoisotopic (exact) mass is 910 g/mol. The van der Waals surface area contributed by atoms with Crippen molar-refractivity contribution in [3.63, 3.8) is 0 Å². The Morgan fingerprint density at radius 1 is 0.446 bits per heavy atom. The fraction of sp³-hybridized carbons (Fsp3) is 0.797. The third-order valence-corrected chi connectivity index (χ3v) is 12.5. The summed E-state index contributed by atoms with van der Waals surface area (Å²) in [6.45, 7) is 4.77. The molecule has 3 N–H and O–H groups in total. The van der Waals surface area contributed by atoms with Crippen molar-refractivity contribution in [1.29, 1.82) is 0 Å². The van der Waals surface area contributed by atoms with Gasteiger partial charge < -0.3 is 20.3 Å². The molecule has 0 saturated carbocycles. The molecule has 0 rings (SSSR count). The summed E-state index contributed by atoms with van der Waals surface area (Å²) < 4.78 is 5.43. The number of unbranched alkanes of at least 4 members (excludes halogenated alkanes) is 33. The number of nitrogens with one attached hydrogen (secondary N) is 1. The summed E-state index contributed by atoms with van der Waals surface area (Å²) >= 11 is 0. The second kappa shape index (κ2) is 54.2. The van der Waals surface area contributed by atoms with Gasteiger partial charge in [0.2, 0.25) is 5.91 Å². The normalized spacial score (nSPS) is 13.1. The Morgan fingerprint density at radius 2 is 0.846 bits per heavy atom. The minimum absolute atomic E-state index is 0.0389. The van der Waals surface area contributed by atoms with Crippen LogP contribution in [0.4, 0.5) is 0 Å². The molecule has 2 atom stereocenters. The van der Waals surface area contributed by atoms with Crippen molar-refractivity contribution >= 4 is 11.9 Å². The fourth-order valence-electron chi connectivity index (χ4n) is 8.19. The Labute approximate surface area is 403 Å². The highest BCUT2D eigenvalue weighted by molar-refractivity contribution is 5.76. The van der Waals surface area contributed by atoms with Gasteiger partial charge in [0.15, 0.2) is 0 Å². The maximum Gasteiger partial charge on any atom is 0.305 e. The first kappa shape index (κ1) is 62.6. The lowest BCUT2D eigenvalue weighted by Crippen LogP contribution is -2.45. The van der Waals surface area contributed by atoms with Crippen molar-refractivity contribution in [3.05, 3.63) is 60.8 Å². The molecular weight excluding hydrogens is 803 g/mol. The van der Waals surface area contributed by atoms with Gasteiger partial charge in [-0.2, -0.15) is 0 Å². The quantitative estimate of drug-likeness (QED) is 0.0245. The Kier molecular flexibility index (Phi) is 52.1. The maximum atomic E-state index is 12.5. The Hall–Kier alpha value is -2.44. The van der Waals surface area contributed by atoms with Crippen LogP contribution in [0, 0.1) is 0 Å². The highest BCUT2D eigenvalue weighted by Gasteiger charge is 2.18. The molecular formula is C59H107NO5. The van der Waals surface area contributed by atoms with Gasteiger partial charge in [-0.25, -0.2) is 0 Å². The lowest BCUT2D eigenvalue weighted by atomic mass is 10.0. The molecule has 0 fully saturated rings. The summed E-state index contributed by atoms with van der Waals surface area (Å²) in [5.41, 5.74) is 0. The summed E-state index contributed by atoms with van der Waals surface area (Å²) in [5, 5.41) is 23.1. The molecule has 0 saturated heterocycles. The third kappa shape index (κ3) is 50.8. The lowest BCUT2D eigenvalue weighted by Gasteiger charge is -2.20. The Morgan fingerprint density at radius 3 is 1.32 bits per heavy atom. The topological polar surface area (TPSA) is 95.9 Å². The third-order valence-electron chi connectivity index (χ3n) is 12.5. The van der Waals surface area contributed by atoms with E-state index >= 15 is 0 Å². The number of carbonyl (C=O) groups excluding carboxylic acids is 2. The predicted octanol–water partition coefficient (Wildman–Crippen LogP) is 17.2. The molecule has 0 aromatic carbocycles. The van der Waals surface area contributed by atoms with E-state index < -0.39 is 12.1 Å². The fourth-order valence-corrected chi connectivity index (χ4v) is 8.19. The van der Waals surface area contributed by atoms with Crippen LogP contribution in [0.25, 0.3) is 0 Å². The molecule has 65 heavy (non-hydrogen) atoms. The molecule has 0 aliphatic rings. The SMILES string of the molecule is CCC/C=C\C/C=C\CCCCCCCC(=O)OCCCCC/C=C\C=C/CCCCCCCCC(=O)NC(CO)C(O)/C=C/CCCCCCCCCCCCCCCCCCCC. The first-order valence-electron chi connectivity index (χ1n) is 28.1. The molecule has 0 spiro atoms. The van der Waals surface area contributed by atoms with Gasteiger partial charge in [-0.3, -0.25) is 9.59 Å². The van der Waals surface area contributed by atoms with Crippen molar-refractivity contribution in [2.24, 2.45) is 0 Å². The average molecular weight is 911 g/mol. The first-order valence-corrected chi connectivity index (χ1v) is 28.1. The molecule has 2 unspecified atom stereocenters. The van der Waals surface area contributed by atoms with Gasteiger partial charge in [0.25, 0.3) is 0 Å². The van der Waals surface area contributed by atoms with Crippen LogP contribution >= 0.6 is 0 Å². The number of rotatable bonds is 51. The molecule has 0 heterocycles. The summed E-state index contributed by atoms with van der Waals surface area (Å²) in [4.78, 5) is 24.5. The molecule has 0 bridgehead atoms. The van der Waals surface area contributed by atoms with Crippen molar-refractivity contribution < 1.29 is 24.5 Å². The minimum Gasteiger partial charge on any atom is -0.466 e. The number of hydrogen-bond acceptors (Lipinski definition) is 5. The number of allylic oxidation sites excluding steroid dienone is 9. The van der Waals surface area contributed by atoms with Crippen LogP contribution < -0.4 is 5.32 Å². The molecule has 0 aliphatic carbocycles. The summed E-state index contributed by atoms with van der Waals surface area (Å²) in [6.07, 6.45) is 69.5. The Bertz CT molecular complexity index is 1140. The van der Waals surface area contributed by atoms with Crippen LogP contribution in [-0.4, -0.2) is 47.4 Å². The summed E-state index contributed by atoms with van der Waals surface area (Å²) in [7, 11) is 0. The van der Waals surface area contributed by atoms with Crippen LogP contribution in [0.5, 0.6) is 0 Å². The van der Waals surface area contributed by atoms with Gasteiger partial charge in [-0.15, -0.1) is 0 Å². The number of aliphatic hydroxyl groups excluding tert-OH is 2. The van der Waals surface area contributed by atoms with Crippen LogP contribution in [0.1, 0.15) is 277 Å². The minimum atomic E-state index is -0.861. The van der Waals surface area contributed by atoms with Crippen LogP contribution in [0.15, 0.2) is 60.8 Å². The molecule has 378 valence electrons. The van der Waals surface area contributed by atoms with Gasteiger partial charge in [0, 0.05) is 12.8 Å². The highest BCUT2D eigenvalue weighted by atomic mass is 16.5. The smallest absolute Gasteiger partial charge is 0.305 e. The Balaban J connectivity index is 3.57. The van der Waals surface area contributed by atoms with E-state index in [4.69, 9.17) is 4.74 Å². The van der Waals surface area contributed by atoms with Crippen molar-refractivity contribution in [1.82, 2.24) is 5.32 Å². The number of amides is 1. The van der Waals surface area contributed by atoms with Gasteiger partial charge in [-0.05, 0) is 89.9 Å². The standard InChI is InChI=1S/C59H107NO5/c1-3-5-7-9-11-13-15-17-18-19-20-21-22-24-28-31-35-39-43-47-51-57(62)56(55-61)60-58(63)52-48-44-40-36-32-29-25-23-26-30-34-38-42-46-50-54-65-59(64)53-49-45-41-37-33-27-16-14-12-10-8-6-4-2/h8,10,14,16,23,26,30,34,47,51,56-57,61-62H,3-7,9,11-13,15,17-22,24-25,27-29,31-33,35-46,48-50,52-55H2,1-2H3,(H,60,63)/b10-8-,16-14-,26-23-,34-30-,51-47+. The zero-order valence-corrected chi connectivity index (χ0v) is 43.0. The zero-order chi connectivity index (χ0) is 47.2. The number of hydrogen-bond donors (Lipinski definition) is 3. The number of ether oxygens (including phenoxy) is 1. The number of esters is 1. The van der Waals surface area contributed by atoms with Crippen LogP contribution in [-0.2, 0) is 14.3 Å². The largest absolute Gasteiger partial charge is 0.466 e. The molecule has 0 aliphatic heterocycles. The highest BCUT2D eigenvalue weighted by Crippen LogP contribution is 2.16. The molecule has 6 nitrogen and oxygen atoms in total. The van der Waals surface area contributed by atoms with Crippen LogP contribution in [0.3, 0.4) is 0 Å². The van der Waals surface area contributed by atoms with Crippen LogP contribution in [0.2, 0.25) is 0 Å². The average Bonchev–Trinajstić information content (AvgIpc) is 3.31. The molecule has 0 aromatic heterocycles.